The lowest BCUT2D eigenvalue weighted by molar-refractivity contribution is 0.150. The Hall–Kier alpha value is -0.860. The molecule has 1 aromatic carbocycles. The van der Waals surface area contributed by atoms with Crippen molar-refractivity contribution in [3.63, 3.8) is 0 Å². The first-order valence-electron chi connectivity index (χ1n) is 8.05. The number of nitrogens with two attached hydrogens (primary N) is 1. The van der Waals surface area contributed by atoms with Crippen LogP contribution in [0.15, 0.2) is 24.3 Å². The number of aliphatic hydroxyl groups excluding tert-OH is 1. The van der Waals surface area contributed by atoms with Crippen molar-refractivity contribution in [2.75, 3.05) is 13.2 Å². The predicted molar refractivity (Wildman–Crippen MR) is 82.6 cm³/mol. The lowest BCUT2D eigenvalue weighted by Gasteiger charge is -2.36. The van der Waals surface area contributed by atoms with Gasteiger partial charge in [0.05, 0.1) is 6.61 Å². The van der Waals surface area contributed by atoms with Crippen molar-refractivity contribution in [1.29, 1.82) is 0 Å². The minimum atomic E-state index is -0.235. The van der Waals surface area contributed by atoms with Crippen molar-refractivity contribution in [2.24, 2.45) is 23.5 Å². The minimum Gasteiger partial charge on any atom is -0.395 e. The Kier molecular flexibility index (Phi) is 3.87. The molecule has 4 atom stereocenters. The highest BCUT2D eigenvalue weighted by Crippen LogP contribution is 2.52. The summed E-state index contributed by atoms with van der Waals surface area (Å²) in [6.07, 6.45) is 6.67. The van der Waals surface area contributed by atoms with Crippen LogP contribution in [0.4, 0.5) is 0 Å². The molecule has 2 fully saturated rings. The van der Waals surface area contributed by atoms with Crippen LogP contribution in [-0.4, -0.2) is 18.3 Å². The van der Waals surface area contributed by atoms with Gasteiger partial charge in [-0.3, -0.25) is 0 Å². The molecule has 2 nitrogen and oxygen atoms in total. The van der Waals surface area contributed by atoms with Gasteiger partial charge in [0, 0.05) is 12.0 Å². The smallest absolute Gasteiger partial charge is 0.0540 e. The molecule has 2 heteroatoms. The first kappa shape index (κ1) is 14.1. The van der Waals surface area contributed by atoms with E-state index in [1.165, 1.54) is 36.8 Å². The van der Waals surface area contributed by atoms with Gasteiger partial charge in [-0.25, -0.2) is 0 Å². The average Bonchev–Trinajstić information content (AvgIpc) is 3.07. The molecule has 2 aliphatic carbocycles. The van der Waals surface area contributed by atoms with Crippen LogP contribution in [0.2, 0.25) is 0 Å². The molecular weight excluding hydrogens is 246 g/mol. The SMILES string of the molecule is Cc1cccc(C(CN)(CO)CC2CC3CCC2C3)c1. The highest BCUT2D eigenvalue weighted by atomic mass is 16.3. The maximum Gasteiger partial charge on any atom is 0.0540 e. The van der Waals surface area contributed by atoms with Crippen molar-refractivity contribution < 1.29 is 5.11 Å². The lowest BCUT2D eigenvalue weighted by atomic mass is 9.70. The summed E-state index contributed by atoms with van der Waals surface area (Å²) in [7, 11) is 0. The molecule has 0 radical (unpaired) electrons. The molecule has 4 unspecified atom stereocenters. The van der Waals surface area contributed by atoms with E-state index in [1.54, 1.807) is 0 Å². The summed E-state index contributed by atoms with van der Waals surface area (Å²) in [4.78, 5) is 0. The monoisotopic (exact) mass is 273 g/mol. The van der Waals surface area contributed by atoms with Crippen LogP contribution in [0.1, 0.15) is 43.2 Å². The zero-order valence-corrected chi connectivity index (χ0v) is 12.5. The van der Waals surface area contributed by atoms with Crippen molar-refractivity contribution in [3.8, 4) is 0 Å². The van der Waals surface area contributed by atoms with Gasteiger partial charge in [0.15, 0.2) is 0 Å². The van der Waals surface area contributed by atoms with E-state index in [0.717, 1.165) is 24.2 Å². The van der Waals surface area contributed by atoms with Crippen molar-refractivity contribution >= 4 is 0 Å². The molecule has 0 heterocycles. The number of hydrogen-bond donors (Lipinski definition) is 2. The second-order valence-corrected chi connectivity index (χ2v) is 7.15. The molecule has 110 valence electrons. The van der Waals surface area contributed by atoms with Crippen LogP contribution in [-0.2, 0) is 5.41 Å². The summed E-state index contributed by atoms with van der Waals surface area (Å²) < 4.78 is 0. The van der Waals surface area contributed by atoms with E-state index in [2.05, 4.69) is 31.2 Å². The Morgan fingerprint density at radius 2 is 2.15 bits per heavy atom. The molecule has 20 heavy (non-hydrogen) atoms. The Labute approximate surface area is 122 Å². The zero-order valence-electron chi connectivity index (χ0n) is 12.5. The van der Waals surface area contributed by atoms with E-state index in [1.807, 2.05) is 0 Å². The largest absolute Gasteiger partial charge is 0.395 e. The number of hydrogen-bond acceptors (Lipinski definition) is 2. The number of benzene rings is 1. The van der Waals surface area contributed by atoms with E-state index in [0.29, 0.717) is 6.54 Å². The van der Waals surface area contributed by atoms with Crippen molar-refractivity contribution in [2.45, 2.75) is 44.4 Å². The summed E-state index contributed by atoms with van der Waals surface area (Å²) in [6, 6.07) is 8.55. The van der Waals surface area contributed by atoms with Crippen LogP contribution in [0.5, 0.6) is 0 Å². The third-order valence-corrected chi connectivity index (χ3v) is 5.86. The van der Waals surface area contributed by atoms with Gasteiger partial charge >= 0.3 is 0 Å². The van der Waals surface area contributed by atoms with Crippen LogP contribution in [0, 0.1) is 24.7 Å². The fourth-order valence-corrected chi connectivity index (χ4v) is 4.64. The molecule has 2 bridgehead atoms. The number of aliphatic hydroxyl groups is 1. The molecule has 0 amide bonds. The Morgan fingerprint density at radius 3 is 2.70 bits per heavy atom. The quantitative estimate of drug-likeness (QED) is 0.866. The Bertz CT molecular complexity index is 466. The number of aryl methyl sites for hydroxylation is 1. The minimum absolute atomic E-state index is 0.167. The highest BCUT2D eigenvalue weighted by Gasteiger charge is 2.43. The molecule has 0 aromatic heterocycles. The van der Waals surface area contributed by atoms with E-state index in [9.17, 15) is 5.11 Å². The van der Waals surface area contributed by atoms with Gasteiger partial charge in [0.1, 0.15) is 0 Å². The first-order valence-corrected chi connectivity index (χ1v) is 8.05. The molecule has 0 saturated heterocycles. The molecular formula is C18H27NO. The fourth-order valence-electron chi connectivity index (χ4n) is 4.64. The van der Waals surface area contributed by atoms with E-state index in [-0.39, 0.29) is 12.0 Å². The van der Waals surface area contributed by atoms with Crippen LogP contribution in [0.25, 0.3) is 0 Å². The van der Waals surface area contributed by atoms with Crippen LogP contribution < -0.4 is 5.73 Å². The Balaban J connectivity index is 1.84. The van der Waals surface area contributed by atoms with Gasteiger partial charge in [-0.1, -0.05) is 36.2 Å². The van der Waals surface area contributed by atoms with E-state index < -0.39 is 0 Å². The summed E-state index contributed by atoms with van der Waals surface area (Å²) in [5.41, 5.74) is 8.36. The summed E-state index contributed by atoms with van der Waals surface area (Å²) in [5, 5.41) is 10.1. The van der Waals surface area contributed by atoms with Gasteiger partial charge in [-0.2, -0.15) is 0 Å². The molecule has 0 aliphatic heterocycles. The number of fused-ring (bicyclic) bond motifs is 2. The summed E-state index contributed by atoms with van der Waals surface area (Å²) in [6.45, 7) is 2.82. The van der Waals surface area contributed by atoms with E-state index in [4.69, 9.17) is 5.73 Å². The maximum atomic E-state index is 10.1. The second kappa shape index (κ2) is 5.50. The zero-order chi connectivity index (χ0) is 14.2. The number of rotatable bonds is 5. The highest BCUT2D eigenvalue weighted by molar-refractivity contribution is 5.30. The van der Waals surface area contributed by atoms with Gasteiger partial charge in [0.25, 0.3) is 0 Å². The normalized spacial score (nSPS) is 31.4. The molecule has 1 aromatic rings. The maximum absolute atomic E-state index is 10.1. The van der Waals surface area contributed by atoms with E-state index >= 15 is 0 Å². The fraction of sp³-hybridized carbons (Fsp3) is 0.667. The molecule has 2 saturated carbocycles. The third kappa shape index (κ3) is 2.40. The van der Waals surface area contributed by atoms with Gasteiger partial charge in [-0.15, -0.1) is 0 Å². The van der Waals surface area contributed by atoms with Gasteiger partial charge < -0.3 is 10.8 Å². The third-order valence-electron chi connectivity index (χ3n) is 5.86. The topological polar surface area (TPSA) is 46.2 Å². The van der Waals surface area contributed by atoms with Gasteiger partial charge in [0.2, 0.25) is 0 Å². The standard InChI is InChI=1S/C18H27NO/c1-13-3-2-4-17(7-13)18(11-19,12-20)10-16-9-14-5-6-15(16)8-14/h2-4,7,14-16,20H,5-6,8-12,19H2,1H3. The van der Waals surface area contributed by atoms with Crippen LogP contribution in [0.3, 0.4) is 0 Å². The molecule has 3 N–H and O–H groups in total. The van der Waals surface area contributed by atoms with Crippen LogP contribution >= 0.6 is 0 Å². The second-order valence-electron chi connectivity index (χ2n) is 7.15. The van der Waals surface area contributed by atoms with Crippen molar-refractivity contribution in [1.82, 2.24) is 0 Å². The molecule has 2 aliphatic rings. The average molecular weight is 273 g/mol. The summed E-state index contributed by atoms with van der Waals surface area (Å²) >= 11 is 0. The predicted octanol–water partition coefficient (Wildman–Crippen LogP) is 3.01. The summed E-state index contributed by atoms with van der Waals surface area (Å²) in [5.74, 6) is 2.61. The van der Waals surface area contributed by atoms with Gasteiger partial charge in [-0.05, 0) is 55.9 Å². The van der Waals surface area contributed by atoms with Crippen molar-refractivity contribution in [3.05, 3.63) is 35.4 Å². The molecule has 0 spiro atoms. The Morgan fingerprint density at radius 1 is 1.30 bits per heavy atom. The molecule has 3 rings (SSSR count). The lowest BCUT2D eigenvalue weighted by Crippen LogP contribution is -2.41. The first-order chi connectivity index (χ1) is 9.66.